The van der Waals surface area contributed by atoms with Crippen molar-refractivity contribution in [2.45, 2.75) is 0 Å². The van der Waals surface area contributed by atoms with Gasteiger partial charge in [-0.05, 0) is 15.9 Å². The van der Waals surface area contributed by atoms with Crippen LogP contribution >= 0.6 is 15.9 Å². The Bertz CT molecular complexity index is 490. The minimum absolute atomic E-state index is 0.0181. The molecule has 1 amide bonds. The maximum Gasteiger partial charge on any atom is 0.293 e. The van der Waals surface area contributed by atoms with E-state index in [1.54, 1.807) is 14.1 Å². The van der Waals surface area contributed by atoms with Crippen LogP contribution < -0.4 is 10.5 Å². The number of ether oxygens (including phenoxy) is 1. The number of nitrogens with two attached hydrogens (primary N) is 1. The molecule has 1 aromatic rings. The summed E-state index contributed by atoms with van der Waals surface area (Å²) < 4.78 is 5.61. The van der Waals surface area contributed by atoms with Crippen molar-refractivity contribution < 1.29 is 14.5 Å². The Morgan fingerprint density at radius 1 is 1.56 bits per heavy atom. The predicted octanol–water partition coefficient (Wildman–Crippen LogP) is 1.41. The van der Waals surface area contributed by atoms with Crippen molar-refractivity contribution in [2.24, 2.45) is 0 Å². The maximum atomic E-state index is 11.3. The lowest BCUT2D eigenvalue weighted by Gasteiger charge is -2.12. The van der Waals surface area contributed by atoms with Crippen LogP contribution in [0, 0.1) is 10.1 Å². The van der Waals surface area contributed by atoms with Crippen molar-refractivity contribution in [3.8, 4) is 5.75 Å². The second-order valence-corrected chi connectivity index (χ2v) is 4.53. The van der Waals surface area contributed by atoms with E-state index in [4.69, 9.17) is 10.5 Å². The Morgan fingerprint density at radius 2 is 2.17 bits per heavy atom. The van der Waals surface area contributed by atoms with Gasteiger partial charge in [-0.3, -0.25) is 14.9 Å². The molecule has 0 unspecified atom stereocenters. The van der Waals surface area contributed by atoms with E-state index in [9.17, 15) is 14.9 Å². The largest absolute Gasteiger partial charge is 0.483 e. The van der Waals surface area contributed by atoms with Gasteiger partial charge in [0.2, 0.25) is 0 Å². The fourth-order valence-corrected chi connectivity index (χ4v) is 1.54. The van der Waals surface area contributed by atoms with Crippen molar-refractivity contribution in [2.75, 3.05) is 26.4 Å². The molecule has 0 saturated carbocycles. The van der Waals surface area contributed by atoms with Crippen molar-refractivity contribution in [3.63, 3.8) is 0 Å². The lowest BCUT2D eigenvalue weighted by Crippen LogP contribution is -2.27. The van der Waals surface area contributed by atoms with Gasteiger partial charge in [0, 0.05) is 26.2 Å². The summed E-state index contributed by atoms with van der Waals surface area (Å²) in [7, 11) is 3.20. The summed E-state index contributed by atoms with van der Waals surface area (Å²) in [4.78, 5) is 22.8. The van der Waals surface area contributed by atoms with Gasteiger partial charge in [-0.1, -0.05) is 0 Å². The summed E-state index contributed by atoms with van der Waals surface area (Å²) >= 11 is 3.13. The van der Waals surface area contributed by atoms with Crippen molar-refractivity contribution in [1.82, 2.24) is 4.90 Å². The summed E-state index contributed by atoms with van der Waals surface area (Å²) in [6, 6.07) is 2.55. The number of anilines is 1. The van der Waals surface area contributed by atoms with Crippen molar-refractivity contribution >= 4 is 33.2 Å². The highest BCUT2D eigenvalue weighted by molar-refractivity contribution is 9.10. The lowest BCUT2D eigenvalue weighted by atomic mass is 10.2. The highest BCUT2D eigenvalue weighted by Crippen LogP contribution is 2.34. The zero-order valence-corrected chi connectivity index (χ0v) is 11.4. The third-order valence-electron chi connectivity index (χ3n) is 2.13. The lowest BCUT2D eigenvalue weighted by molar-refractivity contribution is -0.384. The molecule has 0 bridgehead atoms. The second kappa shape index (κ2) is 5.67. The molecule has 0 aliphatic heterocycles. The minimum Gasteiger partial charge on any atom is -0.483 e. The van der Waals surface area contributed by atoms with Crippen LogP contribution in [-0.4, -0.2) is 36.4 Å². The zero-order chi connectivity index (χ0) is 13.9. The number of likely N-dealkylation sites (N-methyl/N-ethyl adjacent to an activating group) is 1. The van der Waals surface area contributed by atoms with E-state index in [1.807, 2.05) is 0 Å². The first-order valence-corrected chi connectivity index (χ1v) is 5.68. The van der Waals surface area contributed by atoms with E-state index in [-0.39, 0.29) is 29.6 Å². The monoisotopic (exact) mass is 317 g/mol. The first-order chi connectivity index (χ1) is 8.32. The first-order valence-electron chi connectivity index (χ1n) is 4.89. The average molecular weight is 318 g/mol. The molecule has 8 heteroatoms. The molecule has 2 N–H and O–H groups in total. The molecule has 0 aliphatic rings. The van der Waals surface area contributed by atoms with Crippen LogP contribution in [0.25, 0.3) is 0 Å². The molecular formula is C10H12BrN3O4. The van der Waals surface area contributed by atoms with E-state index in [0.29, 0.717) is 4.47 Å². The number of amides is 1. The second-order valence-electron chi connectivity index (χ2n) is 3.68. The number of halogens is 1. The fourth-order valence-electron chi connectivity index (χ4n) is 1.10. The van der Waals surface area contributed by atoms with Gasteiger partial charge >= 0.3 is 0 Å². The molecule has 0 saturated heterocycles. The molecular weight excluding hydrogens is 306 g/mol. The third-order valence-corrected chi connectivity index (χ3v) is 2.75. The number of carbonyl (C=O) groups excluding carboxylic acids is 1. The van der Waals surface area contributed by atoms with E-state index < -0.39 is 4.92 Å². The zero-order valence-electron chi connectivity index (χ0n) is 9.84. The molecule has 0 aromatic heterocycles. The number of nitrogens with zero attached hydrogens (tertiary/aromatic N) is 2. The highest BCUT2D eigenvalue weighted by atomic mass is 79.9. The predicted molar refractivity (Wildman–Crippen MR) is 69.4 cm³/mol. The standard InChI is InChI=1S/C10H12BrN3O4/c1-13(2)10(15)5-18-9-4-7(12)8(14(16)17)3-6(9)11/h3-4H,5,12H2,1-2H3. The van der Waals surface area contributed by atoms with E-state index in [2.05, 4.69) is 15.9 Å². The molecule has 7 nitrogen and oxygen atoms in total. The number of nitrogen functional groups attached to an aromatic ring is 1. The number of hydrogen-bond acceptors (Lipinski definition) is 5. The summed E-state index contributed by atoms with van der Waals surface area (Å²) in [5, 5.41) is 10.6. The summed E-state index contributed by atoms with van der Waals surface area (Å²) in [6.07, 6.45) is 0. The van der Waals surface area contributed by atoms with Gasteiger partial charge < -0.3 is 15.4 Å². The number of nitro groups is 1. The average Bonchev–Trinajstić information content (AvgIpc) is 2.28. The Kier molecular flexibility index (Phi) is 4.49. The number of rotatable bonds is 4. The maximum absolute atomic E-state index is 11.3. The van der Waals surface area contributed by atoms with Crippen LogP contribution in [0.15, 0.2) is 16.6 Å². The molecule has 0 aliphatic carbocycles. The van der Waals surface area contributed by atoms with E-state index in [1.165, 1.54) is 17.0 Å². The van der Waals surface area contributed by atoms with Gasteiger partial charge in [0.1, 0.15) is 11.4 Å². The van der Waals surface area contributed by atoms with E-state index >= 15 is 0 Å². The Morgan fingerprint density at radius 3 is 2.67 bits per heavy atom. The van der Waals surface area contributed by atoms with Crippen LogP contribution in [0.2, 0.25) is 0 Å². The molecule has 98 valence electrons. The quantitative estimate of drug-likeness (QED) is 0.514. The molecule has 18 heavy (non-hydrogen) atoms. The highest BCUT2D eigenvalue weighted by Gasteiger charge is 2.16. The number of benzene rings is 1. The topological polar surface area (TPSA) is 98.7 Å². The number of carbonyl (C=O) groups is 1. The number of hydrogen-bond donors (Lipinski definition) is 1. The summed E-state index contributed by atoms with van der Waals surface area (Å²) in [6.45, 7) is -0.164. The van der Waals surface area contributed by atoms with Crippen molar-refractivity contribution in [3.05, 3.63) is 26.7 Å². The van der Waals surface area contributed by atoms with E-state index in [0.717, 1.165) is 0 Å². The molecule has 0 atom stereocenters. The van der Waals surface area contributed by atoms with Crippen molar-refractivity contribution in [1.29, 1.82) is 0 Å². The van der Waals surface area contributed by atoms with Crippen LogP contribution in [0.3, 0.4) is 0 Å². The van der Waals surface area contributed by atoms with Gasteiger partial charge in [0.15, 0.2) is 6.61 Å². The van der Waals surface area contributed by atoms with Gasteiger partial charge in [0.05, 0.1) is 9.40 Å². The first kappa shape index (κ1) is 14.2. The fraction of sp³-hybridized carbons (Fsp3) is 0.300. The van der Waals surface area contributed by atoms with Crippen LogP contribution in [0.5, 0.6) is 5.75 Å². The van der Waals surface area contributed by atoms with Crippen LogP contribution in [-0.2, 0) is 4.79 Å². The van der Waals surface area contributed by atoms with Crippen LogP contribution in [0.4, 0.5) is 11.4 Å². The third kappa shape index (κ3) is 3.33. The minimum atomic E-state index is -0.588. The Hall–Kier alpha value is -1.83. The Labute approximate surface area is 112 Å². The summed E-state index contributed by atoms with van der Waals surface area (Å²) in [5.74, 6) is 0.0622. The van der Waals surface area contributed by atoms with Gasteiger partial charge in [0.25, 0.3) is 11.6 Å². The smallest absolute Gasteiger partial charge is 0.293 e. The molecule has 0 spiro atoms. The van der Waals surface area contributed by atoms with Crippen LogP contribution in [0.1, 0.15) is 0 Å². The summed E-state index contributed by atoms with van der Waals surface area (Å²) in [5.41, 5.74) is 5.29. The number of nitro benzene ring substituents is 1. The molecule has 0 radical (unpaired) electrons. The Balaban J connectivity index is 2.89. The molecule has 0 fully saturated rings. The molecule has 1 aromatic carbocycles. The normalized spacial score (nSPS) is 9.94. The van der Waals surface area contributed by atoms with Gasteiger partial charge in [-0.2, -0.15) is 0 Å². The SMILES string of the molecule is CN(C)C(=O)COc1cc(N)c([N+](=O)[O-])cc1Br. The van der Waals surface area contributed by atoms with Gasteiger partial charge in [-0.15, -0.1) is 0 Å². The molecule has 0 heterocycles. The molecule has 1 rings (SSSR count). The van der Waals surface area contributed by atoms with Gasteiger partial charge in [-0.25, -0.2) is 0 Å².